The van der Waals surface area contributed by atoms with E-state index in [1.165, 1.54) is 10.4 Å². The Hall–Kier alpha value is -1.40. The summed E-state index contributed by atoms with van der Waals surface area (Å²) >= 11 is 0. The van der Waals surface area contributed by atoms with Crippen molar-refractivity contribution in [2.75, 3.05) is 13.1 Å². The molecule has 0 saturated heterocycles. The number of sulfonamides is 1. The first-order valence-corrected chi connectivity index (χ1v) is 8.04. The molecule has 0 heterocycles. The molecule has 0 aliphatic rings. The van der Waals surface area contributed by atoms with Crippen LogP contribution in [-0.2, 0) is 10.0 Å². The Labute approximate surface area is 120 Å². The minimum atomic E-state index is -3.65. The highest BCUT2D eigenvalue weighted by molar-refractivity contribution is 7.89. The van der Waals surface area contributed by atoms with E-state index in [0.29, 0.717) is 30.6 Å². The van der Waals surface area contributed by atoms with Crippen molar-refractivity contribution in [3.63, 3.8) is 0 Å². The van der Waals surface area contributed by atoms with Crippen LogP contribution in [0, 0.1) is 13.8 Å². The summed E-state index contributed by atoms with van der Waals surface area (Å²) in [5.74, 6) is -1.11. The van der Waals surface area contributed by atoms with Gasteiger partial charge in [0.25, 0.3) is 0 Å². The van der Waals surface area contributed by atoms with Gasteiger partial charge < -0.3 is 5.11 Å². The number of benzene rings is 1. The molecule has 0 bridgehead atoms. The number of carbonyl (C=O) groups is 1. The lowest BCUT2D eigenvalue weighted by molar-refractivity contribution is 0.0696. The van der Waals surface area contributed by atoms with Crippen molar-refractivity contribution in [1.29, 1.82) is 0 Å². The highest BCUT2D eigenvalue weighted by Gasteiger charge is 2.26. The number of aromatic carboxylic acids is 1. The highest BCUT2D eigenvalue weighted by atomic mass is 32.2. The van der Waals surface area contributed by atoms with Crippen LogP contribution in [0.25, 0.3) is 0 Å². The SMILES string of the molecule is CCCN(CC)S(=O)(=O)c1cc(C(=O)O)c(C)cc1C. The number of carboxylic acid groups (broad SMARTS) is 1. The van der Waals surface area contributed by atoms with Gasteiger partial charge in [-0.2, -0.15) is 4.31 Å². The van der Waals surface area contributed by atoms with E-state index in [2.05, 4.69) is 0 Å². The second-order valence-corrected chi connectivity index (χ2v) is 6.64. The third-order valence-corrected chi connectivity index (χ3v) is 5.31. The predicted octanol–water partition coefficient (Wildman–Crippen LogP) is 2.42. The fourth-order valence-corrected chi connectivity index (χ4v) is 3.95. The van der Waals surface area contributed by atoms with Gasteiger partial charge in [-0.15, -0.1) is 0 Å². The number of carboxylic acids is 1. The lowest BCUT2D eigenvalue weighted by Crippen LogP contribution is -2.32. The average molecular weight is 299 g/mol. The molecule has 112 valence electrons. The molecule has 0 atom stereocenters. The molecule has 0 saturated carbocycles. The van der Waals surface area contributed by atoms with Gasteiger partial charge in [0.05, 0.1) is 10.5 Å². The molecule has 0 spiro atoms. The smallest absolute Gasteiger partial charge is 0.335 e. The lowest BCUT2D eigenvalue weighted by atomic mass is 10.1. The van der Waals surface area contributed by atoms with Crippen LogP contribution in [0.5, 0.6) is 0 Å². The molecule has 20 heavy (non-hydrogen) atoms. The summed E-state index contributed by atoms with van der Waals surface area (Å²) in [6, 6.07) is 2.87. The monoisotopic (exact) mass is 299 g/mol. The van der Waals surface area contributed by atoms with Crippen LogP contribution in [0.3, 0.4) is 0 Å². The Morgan fingerprint density at radius 2 is 1.80 bits per heavy atom. The lowest BCUT2D eigenvalue weighted by Gasteiger charge is -2.21. The average Bonchev–Trinajstić information content (AvgIpc) is 2.34. The van der Waals surface area contributed by atoms with Gasteiger partial charge in [0.15, 0.2) is 0 Å². The van der Waals surface area contributed by atoms with Crippen LogP contribution in [0.2, 0.25) is 0 Å². The molecule has 1 N–H and O–H groups in total. The standard InChI is InChI=1S/C14H21NO4S/c1-5-7-15(6-2)20(18,19)13-9-12(14(16)17)10(3)8-11(13)4/h8-9H,5-7H2,1-4H3,(H,16,17). The Morgan fingerprint density at radius 1 is 1.20 bits per heavy atom. The number of nitrogens with zero attached hydrogens (tertiary/aromatic N) is 1. The fourth-order valence-electron chi connectivity index (χ4n) is 2.18. The second-order valence-electron chi connectivity index (χ2n) is 4.73. The van der Waals surface area contributed by atoms with E-state index in [1.54, 1.807) is 26.8 Å². The largest absolute Gasteiger partial charge is 0.478 e. The number of aryl methyl sites for hydroxylation is 2. The van der Waals surface area contributed by atoms with E-state index < -0.39 is 16.0 Å². The zero-order chi connectivity index (χ0) is 15.5. The van der Waals surface area contributed by atoms with E-state index >= 15 is 0 Å². The van der Waals surface area contributed by atoms with Gasteiger partial charge in [0.1, 0.15) is 0 Å². The summed E-state index contributed by atoms with van der Waals surface area (Å²) < 4.78 is 26.6. The zero-order valence-electron chi connectivity index (χ0n) is 12.3. The molecule has 1 aromatic carbocycles. The third-order valence-electron chi connectivity index (χ3n) is 3.20. The summed E-state index contributed by atoms with van der Waals surface area (Å²) in [7, 11) is -3.65. The Balaban J connectivity index is 3.45. The van der Waals surface area contributed by atoms with Crippen molar-refractivity contribution in [2.24, 2.45) is 0 Å². The van der Waals surface area contributed by atoms with Crippen LogP contribution in [0.15, 0.2) is 17.0 Å². The second kappa shape index (κ2) is 6.37. The minimum absolute atomic E-state index is 0.0294. The van der Waals surface area contributed by atoms with E-state index in [9.17, 15) is 13.2 Å². The van der Waals surface area contributed by atoms with Gasteiger partial charge in [0, 0.05) is 13.1 Å². The van der Waals surface area contributed by atoms with Crippen LogP contribution in [-0.4, -0.2) is 36.9 Å². The van der Waals surface area contributed by atoms with Crippen molar-refractivity contribution in [3.8, 4) is 0 Å². The molecule has 1 aromatic rings. The van der Waals surface area contributed by atoms with Crippen molar-refractivity contribution in [3.05, 3.63) is 28.8 Å². The Morgan fingerprint density at radius 3 is 2.25 bits per heavy atom. The first-order chi connectivity index (χ1) is 9.25. The van der Waals surface area contributed by atoms with E-state index in [-0.39, 0.29) is 10.5 Å². The molecular weight excluding hydrogens is 278 g/mol. The molecule has 0 aliphatic carbocycles. The van der Waals surface area contributed by atoms with Crippen molar-refractivity contribution >= 4 is 16.0 Å². The van der Waals surface area contributed by atoms with Crippen LogP contribution in [0.1, 0.15) is 41.8 Å². The predicted molar refractivity (Wildman–Crippen MR) is 77.6 cm³/mol. The number of rotatable bonds is 6. The van der Waals surface area contributed by atoms with Gasteiger partial charge >= 0.3 is 5.97 Å². The highest BCUT2D eigenvalue weighted by Crippen LogP contribution is 2.24. The number of hydrogen-bond acceptors (Lipinski definition) is 3. The molecule has 0 radical (unpaired) electrons. The summed E-state index contributed by atoms with van der Waals surface area (Å²) in [6.45, 7) is 7.82. The molecule has 5 nitrogen and oxygen atoms in total. The third kappa shape index (κ3) is 3.19. The van der Waals surface area contributed by atoms with E-state index in [4.69, 9.17) is 5.11 Å². The maximum Gasteiger partial charge on any atom is 0.335 e. The van der Waals surface area contributed by atoms with Crippen LogP contribution >= 0.6 is 0 Å². The zero-order valence-corrected chi connectivity index (χ0v) is 13.1. The van der Waals surface area contributed by atoms with E-state index in [0.717, 1.165) is 0 Å². The van der Waals surface area contributed by atoms with Crippen molar-refractivity contribution in [1.82, 2.24) is 4.31 Å². The molecular formula is C14H21NO4S. The Bertz CT molecular complexity index is 608. The van der Waals surface area contributed by atoms with Crippen molar-refractivity contribution < 1.29 is 18.3 Å². The van der Waals surface area contributed by atoms with Gasteiger partial charge in [-0.05, 0) is 37.5 Å². The maximum atomic E-state index is 12.6. The summed E-state index contributed by atoms with van der Waals surface area (Å²) in [5.41, 5.74) is 1.16. The molecule has 0 aliphatic heterocycles. The molecule has 6 heteroatoms. The first kappa shape index (κ1) is 16.7. The van der Waals surface area contributed by atoms with Gasteiger partial charge in [-0.25, -0.2) is 13.2 Å². The molecule has 1 rings (SSSR count). The molecule has 0 aromatic heterocycles. The van der Waals surface area contributed by atoms with E-state index in [1.807, 2.05) is 6.92 Å². The van der Waals surface area contributed by atoms with Gasteiger partial charge in [0.2, 0.25) is 10.0 Å². The minimum Gasteiger partial charge on any atom is -0.478 e. The first-order valence-electron chi connectivity index (χ1n) is 6.60. The number of hydrogen-bond donors (Lipinski definition) is 1. The summed E-state index contributed by atoms with van der Waals surface area (Å²) in [6.07, 6.45) is 0.712. The molecule has 0 amide bonds. The fraction of sp³-hybridized carbons (Fsp3) is 0.500. The molecule has 0 fully saturated rings. The summed E-state index contributed by atoms with van der Waals surface area (Å²) in [5, 5.41) is 9.14. The van der Waals surface area contributed by atoms with Crippen LogP contribution in [0.4, 0.5) is 0 Å². The normalized spacial score (nSPS) is 11.8. The summed E-state index contributed by atoms with van der Waals surface area (Å²) in [4.78, 5) is 11.2. The molecule has 0 unspecified atom stereocenters. The van der Waals surface area contributed by atoms with Gasteiger partial charge in [-0.3, -0.25) is 0 Å². The topological polar surface area (TPSA) is 74.7 Å². The maximum absolute atomic E-state index is 12.6. The van der Waals surface area contributed by atoms with Crippen molar-refractivity contribution in [2.45, 2.75) is 39.0 Å². The Kier molecular flexibility index (Phi) is 5.30. The van der Waals surface area contributed by atoms with Gasteiger partial charge in [-0.1, -0.05) is 19.9 Å². The quantitative estimate of drug-likeness (QED) is 0.875. The van der Waals surface area contributed by atoms with Crippen LogP contribution < -0.4 is 0 Å².